The number of halogens is 4. The molecule has 1 heterocycles. The van der Waals surface area contributed by atoms with Crippen molar-refractivity contribution in [1.82, 2.24) is 9.88 Å². The molecule has 2 aliphatic carbocycles. The van der Waals surface area contributed by atoms with E-state index in [0.717, 1.165) is 29.6 Å². The summed E-state index contributed by atoms with van der Waals surface area (Å²) in [4.78, 5) is 18.0. The maximum absolute atomic E-state index is 14.3. The Morgan fingerprint density at radius 2 is 1.92 bits per heavy atom. The number of alkyl halides is 2. The van der Waals surface area contributed by atoms with Crippen LogP contribution in [0, 0.1) is 39.2 Å². The lowest BCUT2D eigenvalue weighted by Gasteiger charge is -2.41. The highest BCUT2D eigenvalue weighted by molar-refractivity contribution is 7.89. The molecule has 0 aliphatic heterocycles. The van der Waals surface area contributed by atoms with Gasteiger partial charge >= 0.3 is 0 Å². The molecule has 2 saturated carbocycles. The zero-order valence-corrected chi connectivity index (χ0v) is 22.3. The van der Waals surface area contributed by atoms with Crippen LogP contribution in [0.1, 0.15) is 48.6 Å². The van der Waals surface area contributed by atoms with E-state index >= 15 is 0 Å². The van der Waals surface area contributed by atoms with Gasteiger partial charge in [0.05, 0.1) is 17.8 Å². The van der Waals surface area contributed by atoms with E-state index in [4.69, 9.17) is 15.2 Å². The number of benzene rings is 1. The van der Waals surface area contributed by atoms with Crippen LogP contribution in [0.5, 0.6) is 0 Å². The first-order valence-electron chi connectivity index (χ1n) is 12.1. The Hall–Kier alpha value is -3.35. The largest absolute Gasteiger partial charge is 0.447 e. The quantitative estimate of drug-likeness (QED) is 0.336. The second-order valence-corrected chi connectivity index (χ2v) is 12.8. The van der Waals surface area contributed by atoms with Gasteiger partial charge in [0.2, 0.25) is 5.89 Å². The number of carbonyl (C=O) groups is 1. The molecule has 1 aromatic carbocycles. The van der Waals surface area contributed by atoms with Gasteiger partial charge in [0.15, 0.2) is 15.5 Å². The molecule has 2 bridgehead atoms. The van der Waals surface area contributed by atoms with E-state index in [9.17, 15) is 30.8 Å². The zero-order valence-electron chi connectivity index (χ0n) is 21.5. The predicted molar refractivity (Wildman–Crippen MR) is 135 cm³/mol. The molecule has 4 rings (SSSR count). The van der Waals surface area contributed by atoms with Crippen LogP contribution in [0.4, 0.5) is 17.6 Å². The van der Waals surface area contributed by atoms with Gasteiger partial charge in [-0.05, 0) is 48.0 Å². The van der Waals surface area contributed by atoms with Crippen molar-refractivity contribution in [3.63, 3.8) is 0 Å². The number of hydrogen-bond acceptors (Lipinski definition) is 7. The molecule has 1 amide bonds. The Morgan fingerprint density at radius 1 is 1.28 bits per heavy atom. The van der Waals surface area contributed by atoms with Crippen molar-refractivity contribution in [2.24, 2.45) is 16.7 Å². The highest BCUT2D eigenvalue weighted by atomic mass is 32.2. The number of carbonyl (C=O) groups excluding carboxylic acids is 1. The van der Waals surface area contributed by atoms with Gasteiger partial charge in [-0.25, -0.2) is 31.0 Å². The van der Waals surface area contributed by atoms with Crippen LogP contribution in [0.3, 0.4) is 0 Å². The van der Waals surface area contributed by atoms with E-state index in [1.54, 1.807) is 0 Å². The molecule has 210 valence electrons. The van der Waals surface area contributed by atoms with Gasteiger partial charge in [0, 0.05) is 23.9 Å². The van der Waals surface area contributed by atoms with Crippen molar-refractivity contribution in [2.75, 3.05) is 19.3 Å². The van der Waals surface area contributed by atoms with Gasteiger partial charge in [-0.1, -0.05) is 19.9 Å². The Kier molecular flexibility index (Phi) is 7.34. The number of rotatable bonds is 9. The summed E-state index contributed by atoms with van der Waals surface area (Å²) in [6, 6.07) is 3.24. The van der Waals surface area contributed by atoms with E-state index < -0.39 is 68.2 Å². The molecule has 2 aromatic rings. The molecule has 0 radical (unpaired) electrons. The van der Waals surface area contributed by atoms with Crippen LogP contribution in [0.2, 0.25) is 0 Å². The number of oxazole rings is 1. The Balaban J connectivity index is 1.67. The van der Waals surface area contributed by atoms with Crippen molar-refractivity contribution in [2.45, 2.75) is 38.9 Å². The number of sulfone groups is 1. The molecule has 2 aliphatic rings. The second-order valence-electron chi connectivity index (χ2n) is 10.7. The zero-order chi connectivity index (χ0) is 28.9. The minimum Gasteiger partial charge on any atom is -0.447 e. The molecule has 13 heteroatoms. The van der Waals surface area contributed by atoms with Gasteiger partial charge in [0.1, 0.15) is 23.7 Å². The monoisotopic (exact) mass is 568 g/mol. The number of allylic oxidation sites excluding steroid dienone is 2. The van der Waals surface area contributed by atoms with Crippen LogP contribution in [-0.4, -0.2) is 61.4 Å². The number of aromatic nitrogens is 1. The van der Waals surface area contributed by atoms with Gasteiger partial charge in [-0.2, -0.15) is 0 Å². The SMILES string of the molecule is CC1(C)[C@H]2CC[C@]1(CN(CC(F)F)C(=O)c1coc(CS(C)(=O)=O)n1)C(=N)/C2=C\C(=N)c1c(F)cccc1F. The fourth-order valence-electron chi connectivity index (χ4n) is 5.94. The highest BCUT2D eigenvalue weighted by Crippen LogP contribution is 2.66. The van der Waals surface area contributed by atoms with Gasteiger partial charge in [-0.3, -0.25) is 4.79 Å². The summed E-state index contributed by atoms with van der Waals surface area (Å²) in [5.41, 5.74) is -2.72. The van der Waals surface area contributed by atoms with E-state index in [2.05, 4.69) is 4.98 Å². The van der Waals surface area contributed by atoms with Crippen LogP contribution >= 0.6 is 0 Å². The summed E-state index contributed by atoms with van der Waals surface area (Å²) in [5, 5.41) is 17.3. The molecule has 2 atom stereocenters. The third kappa shape index (κ3) is 5.15. The fraction of sp³-hybridized carbons (Fsp3) is 0.462. The Labute approximate surface area is 223 Å². The summed E-state index contributed by atoms with van der Waals surface area (Å²) in [6.45, 7) is 2.46. The van der Waals surface area contributed by atoms with Gasteiger partial charge < -0.3 is 20.1 Å². The highest BCUT2D eigenvalue weighted by Gasteiger charge is 2.65. The minimum absolute atomic E-state index is 0.0234. The molecular formula is C26H28F4N4O4S. The third-order valence-electron chi connectivity index (χ3n) is 7.90. The van der Waals surface area contributed by atoms with E-state index in [1.165, 1.54) is 12.1 Å². The summed E-state index contributed by atoms with van der Waals surface area (Å²) in [5.74, 6) is -3.87. The van der Waals surface area contributed by atoms with Crippen molar-refractivity contribution in [3.8, 4) is 0 Å². The van der Waals surface area contributed by atoms with Crippen molar-refractivity contribution < 1.29 is 35.2 Å². The number of amides is 1. The summed E-state index contributed by atoms with van der Waals surface area (Å²) in [6.07, 6.45) is 1.14. The number of fused-ring (bicyclic) bond motifs is 2. The summed E-state index contributed by atoms with van der Waals surface area (Å²) in [7, 11) is -3.52. The van der Waals surface area contributed by atoms with Crippen molar-refractivity contribution in [1.29, 1.82) is 10.8 Å². The molecule has 0 unspecified atom stereocenters. The van der Waals surface area contributed by atoms with Crippen LogP contribution in [-0.2, 0) is 15.6 Å². The molecular weight excluding hydrogens is 540 g/mol. The molecule has 0 saturated heterocycles. The number of nitrogens with zero attached hydrogens (tertiary/aromatic N) is 2. The second kappa shape index (κ2) is 10.00. The topological polar surface area (TPSA) is 128 Å². The summed E-state index contributed by atoms with van der Waals surface area (Å²) >= 11 is 0. The average molecular weight is 569 g/mol. The Bertz CT molecular complexity index is 1460. The summed E-state index contributed by atoms with van der Waals surface area (Å²) < 4.78 is 84.0. The molecule has 2 fully saturated rings. The number of nitrogens with one attached hydrogen (secondary N) is 2. The molecule has 39 heavy (non-hydrogen) atoms. The third-order valence-corrected chi connectivity index (χ3v) is 8.67. The normalized spacial score (nSPS) is 23.1. The molecule has 1 aromatic heterocycles. The van der Waals surface area contributed by atoms with Crippen molar-refractivity contribution >= 4 is 27.2 Å². The number of hydrogen-bond donors (Lipinski definition) is 2. The van der Waals surface area contributed by atoms with Gasteiger partial charge in [-0.15, -0.1) is 0 Å². The van der Waals surface area contributed by atoms with E-state index in [0.29, 0.717) is 18.4 Å². The average Bonchev–Trinajstić information content (AvgIpc) is 3.40. The first-order chi connectivity index (χ1) is 18.1. The predicted octanol–water partition coefficient (Wildman–Crippen LogP) is 4.66. The lowest BCUT2D eigenvalue weighted by atomic mass is 9.68. The van der Waals surface area contributed by atoms with E-state index in [1.807, 2.05) is 13.8 Å². The van der Waals surface area contributed by atoms with Crippen LogP contribution in [0.15, 0.2) is 40.5 Å². The minimum atomic E-state index is -3.52. The Morgan fingerprint density at radius 3 is 2.51 bits per heavy atom. The lowest BCUT2D eigenvalue weighted by molar-refractivity contribution is 0.0374. The van der Waals surface area contributed by atoms with Crippen molar-refractivity contribution in [3.05, 3.63) is 64.9 Å². The maximum Gasteiger partial charge on any atom is 0.276 e. The fourth-order valence-corrected chi connectivity index (χ4v) is 6.52. The smallest absolute Gasteiger partial charge is 0.276 e. The molecule has 0 spiro atoms. The van der Waals surface area contributed by atoms with E-state index in [-0.39, 0.29) is 29.8 Å². The molecule has 2 N–H and O–H groups in total. The molecule has 8 nitrogen and oxygen atoms in total. The standard InChI is InChI=1S/C26H28F4N4O4S/c1-25(2)15-7-8-26(25,23(32)14(15)9-18(31)22-16(27)5-4-6-17(22)28)13-34(10-20(29)30)24(35)19-11-38-21(33-19)12-39(3,36)37/h4-6,9,11,15,20,31-32H,7-8,10,12-13H2,1-3H3/b14-9-,31-18?,32-23?/t15-,26-/m0/s1. The lowest BCUT2D eigenvalue weighted by Crippen LogP contribution is -2.49. The van der Waals surface area contributed by atoms with Gasteiger partial charge in [0.25, 0.3) is 12.3 Å². The van der Waals surface area contributed by atoms with Crippen LogP contribution < -0.4 is 0 Å². The maximum atomic E-state index is 14.3. The van der Waals surface area contributed by atoms with Crippen LogP contribution in [0.25, 0.3) is 0 Å². The first-order valence-corrected chi connectivity index (χ1v) is 14.2. The first kappa shape index (κ1) is 28.7.